The van der Waals surface area contributed by atoms with Gasteiger partial charge in [0.25, 0.3) is 0 Å². The molecule has 4 N–H and O–H groups in total. The Hall–Kier alpha value is -2.70. The van der Waals surface area contributed by atoms with Crippen LogP contribution in [0.2, 0.25) is 0 Å². The predicted molar refractivity (Wildman–Crippen MR) is 115 cm³/mol. The normalized spacial score (nSPS) is 20.1. The smallest absolute Gasteiger partial charge is 0.246 e. The fourth-order valence-electron chi connectivity index (χ4n) is 4.84. The van der Waals surface area contributed by atoms with Gasteiger partial charge in [0.2, 0.25) is 11.8 Å². The Kier molecular flexibility index (Phi) is 6.45. The number of hydroxylamine groups is 1. The monoisotopic (exact) mass is 407 g/mol. The van der Waals surface area contributed by atoms with Crippen LogP contribution in [0.3, 0.4) is 0 Å². The maximum atomic E-state index is 13.3. The highest BCUT2D eigenvalue weighted by atomic mass is 16.5. The van der Waals surface area contributed by atoms with Gasteiger partial charge >= 0.3 is 0 Å². The largest absolute Gasteiger partial charge is 0.326 e. The fourth-order valence-corrected chi connectivity index (χ4v) is 4.84. The minimum absolute atomic E-state index is 0.0430. The van der Waals surface area contributed by atoms with Gasteiger partial charge in [-0.25, -0.2) is 5.48 Å². The number of carbonyl (C=O) groups excluding carboxylic acids is 2. The Labute approximate surface area is 177 Å². The molecule has 2 amide bonds. The fraction of sp³-hybridized carbons (Fsp3) is 0.417. The molecule has 2 unspecified atom stereocenters. The number of aryl methyl sites for hydroxylation is 1. The van der Waals surface area contributed by atoms with Crippen molar-refractivity contribution in [3.8, 4) is 0 Å². The van der Waals surface area contributed by atoms with Crippen LogP contribution in [-0.4, -0.2) is 30.1 Å². The second-order valence-corrected chi connectivity index (χ2v) is 8.36. The summed E-state index contributed by atoms with van der Waals surface area (Å²) in [6, 6.07) is 16.0. The summed E-state index contributed by atoms with van der Waals surface area (Å²) >= 11 is 0. The van der Waals surface area contributed by atoms with E-state index in [2.05, 4.69) is 10.6 Å². The second-order valence-electron chi connectivity index (χ2n) is 8.36. The molecule has 0 saturated carbocycles. The second kappa shape index (κ2) is 9.41. The van der Waals surface area contributed by atoms with Crippen LogP contribution < -0.4 is 16.1 Å². The molecule has 158 valence electrons. The first-order valence-corrected chi connectivity index (χ1v) is 10.8. The molecule has 0 bridgehead atoms. The first-order valence-electron chi connectivity index (χ1n) is 10.8. The average molecular weight is 408 g/mol. The number of fused-ring (bicyclic) bond motifs is 1. The van der Waals surface area contributed by atoms with E-state index in [1.807, 2.05) is 48.5 Å². The number of benzene rings is 2. The van der Waals surface area contributed by atoms with Crippen LogP contribution in [-0.2, 0) is 22.4 Å². The van der Waals surface area contributed by atoms with Crippen molar-refractivity contribution < 1.29 is 14.8 Å². The number of hydrogen-bond donors (Lipinski definition) is 4. The average Bonchev–Trinajstić information content (AvgIpc) is 2.80. The zero-order valence-electron chi connectivity index (χ0n) is 17.1. The summed E-state index contributed by atoms with van der Waals surface area (Å²) in [6.07, 6.45) is 4.04. The van der Waals surface area contributed by atoms with Crippen molar-refractivity contribution in [1.82, 2.24) is 10.8 Å². The quantitative estimate of drug-likeness (QED) is 0.453. The molecule has 2 aliphatic rings. The van der Waals surface area contributed by atoms with Crippen molar-refractivity contribution >= 4 is 17.5 Å². The third kappa shape index (κ3) is 4.55. The summed E-state index contributed by atoms with van der Waals surface area (Å²) in [5.74, 6) is -0.330. The van der Waals surface area contributed by atoms with Crippen molar-refractivity contribution in [1.29, 1.82) is 0 Å². The number of piperidine rings is 1. The van der Waals surface area contributed by atoms with E-state index in [0.717, 1.165) is 54.7 Å². The van der Waals surface area contributed by atoms with Crippen LogP contribution >= 0.6 is 0 Å². The summed E-state index contributed by atoms with van der Waals surface area (Å²) in [5.41, 5.74) is 5.90. The molecule has 1 aliphatic carbocycles. The molecular formula is C24H29N3O3. The van der Waals surface area contributed by atoms with Crippen LogP contribution in [0.15, 0.2) is 48.5 Å². The summed E-state index contributed by atoms with van der Waals surface area (Å²) in [4.78, 5) is 25.1. The molecule has 4 rings (SSSR count). The number of rotatable bonds is 5. The highest BCUT2D eigenvalue weighted by Gasteiger charge is 2.31. The predicted octanol–water partition coefficient (Wildman–Crippen LogP) is 3.02. The summed E-state index contributed by atoms with van der Waals surface area (Å²) in [6.45, 7) is 1.89. The number of anilines is 1. The first kappa shape index (κ1) is 20.6. The lowest BCUT2D eigenvalue weighted by Crippen LogP contribution is -2.35. The topological polar surface area (TPSA) is 90.5 Å². The number of carbonyl (C=O) groups is 2. The number of amides is 2. The van der Waals surface area contributed by atoms with Crippen molar-refractivity contribution in [2.45, 2.75) is 38.0 Å². The molecule has 2 aromatic carbocycles. The van der Waals surface area contributed by atoms with E-state index in [1.54, 1.807) is 5.48 Å². The van der Waals surface area contributed by atoms with Crippen LogP contribution in [0.4, 0.5) is 5.69 Å². The van der Waals surface area contributed by atoms with Crippen molar-refractivity contribution in [3.05, 3.63) is 65.2 Å². The molecular weight excluding hydrogens is 378 g/mol. The van der Waals surface area contributed by atoms with Crippen LogP contribution in [0, 0.1) is 11.8 Å². The Bertz CT molecular complexity index is 894. The first-order chi connectivity index (χ1) is 14.7. The Morgan fingerprint density at radius 2 is 1.77 bits per heavy atom. The standard InChI is InChI=1S/C24H29N3O3/c28-23(27-30)20-7-6-19-15-21(9-8-18(19)14-20)26-24(29)22(16-4-2-1-3-5-16)17-10-12-25-13-11-17/h1-5,8-9,15,17,20,22,25,30H,6-7,10-14H2,(H,26,29)(H,27,28). The van der Waals surface area contributed by atoms with Gasteiger partial charge < -0.3 is 10.6 Å². The van der Waals surface area contributed by atoms with Crippen molar-refractivity contribution in [2.75, 3.05) is 18.4 Å². The summed E-state index contributed by atoms with van der Waals surface area (Å²) in [5, 5.41) is 15.4. The molecule has 0 spiro atoms. The van der Waals surface area contributed by atoms with Gasteiger partial charge in [-0.3, -0.25) is 14.8 Å². The minimum Gasteiger partial charge on any atom is -0.326 e. The van der Waals surface area contributed by atoms with Gasteiger partial charge in [-0.05, 0) is 79.9 Å². The van der Waals surface area contributed by atoms with Gasteiger partial charge in [0.1, 0.15) is 0 Å². The van der Waals surface area contributed by atoms with Gasteiger partial charge in [0.05, 0.1) is 5.92 Å². The van der Waals surface area contributed by atoms with E-state index in [1.165, 1.54) is 0 Å². The van der Waals surface area contributed by atoms with Crippen LogP contribution in [0.1, 0.15) is 41.9 Å². The van der Waals surface area contributed by atoms with Gasteiger partial charge in [-0.1, -0.05) is 36.4 Å². The molecule has 6 nitrogen and oxygen atoms in total. The van der Waals surface area contributed by atoms with Gasteiger partial charge in [0.15, 0.2) is 0 Å². The number of nitrogens with one attached hydrogen (secondary N) is 3. The van der Waals surface area contributed by atoms with E-state index >= 15 is 0 Å². The van der Waals surface area contributed by atoms with Gasteiger partial charge in [-0.2, -0.15) is 0 Å². The zero-order valence-corrected chi connectivity index (χ0v) is 17.1. The minimum atomic E-state index is -0.328. The zero-order chi connectivity index (χ0) is 20.9. The highest BCUT2D eigenvalue weighted by Crippen LogP contribution is 2.33. The third-order valence-electron chi connectivity index (χ3n) is 6.48. The molecule has 2 atom stereocenters. The lowest BCUT2D eigenvalue weighted by molar-refractivity contribution is -0.133. The Balaban J connectivity index is 1.51. The number of hydrogen-bond acceptors (Lipinski definition) is 4. The van der Waals surface area contributed by atoms with Crippen molar-refractivity contribution in [3.63, 3.8) is 0 Å². The molecule has 1 aliphatic heterocycles. The van der Waals surface area contributed by atoms with Crippen LogP contribution in [0.25, 0.3) is 0 Å². The molecule has 0 aromatic heterocycles. The molecule has 6 heteroatoms. The van der Waals surface area contributed by atoms with Crippen molar-refractivity contribution in [2.24, 2.45) is 11.8 Å². The summed E-state index contributed by atoms with van der Waals surface area (Å²) < 4.78 is 0. The molecule has 0 radical (unpaired) electrons. The maximum absolute atomic E-state index is 13.3. The molecule has 30 heavy (non-hydrogen) atoms. The van der Waals surface area contributed by atoms with Gasteiger partial charge in [-0.15, -0.1) is 0 Å². The van der Waals surface area contributed by atoms with E-state index in [4.69, 9.17) is 5.21 Å². The SMILES string of the molecule is O=C(NO)C1CCc2cc(NC(=O)C(c3ccccc3)C3CCNCC3)ccc2C1. The Morgan fingerprint density at radius 3 is 2.50 bits per heavy atom. The van der Waals surface area contributed by atoms with Crippen LogP contribution in [0.5, 0.6) is 0 Å². The molecule has 2 aromatic rings. The van der Waals surface area contributed by atoms with Gasteiger partial charge in [0, 0.05) is 11.6 Å². The molecule has 1 fully saturated rings. The van der Waals surface area contributed by atoms with E-state index in [0.29, 0.717) is 18.8 Å². The van der Waals surface area contributed by atoms with E-state index in [-0.39, 0.29) is 23.7 Å². The van der Waals surface area contributed by atoms with E-state index < -0.39 is 0 Å². The Morgan fingerprint density at radius 1 is 1.00 bits per heavy atom. The summed E-state index contributed by atoms with van der Waals surface area (Å²) in [7, 11) is 0. The van der Waals surface area contributed by atoms with E-state index in [9.17, 15) is 9.59 Å². The maximum Gasteiger partial charge on any atom is 0.246 e. The lowest BCUT2D eigenvalue weighted by Gasteiger charge is -2.30. The highest BCUT2D eigenvalue weighted by molar-refractivity contribution is 5.96. The molecule has 1 heterocycles. The lowest BCUT2D eigenvalue weighted by atomic mass is 9.79. The molecule has 1 saturated heterocycles. The third-order valence-corrected chi connectivity index (χ3v) is 6.48.